The standard InChI is InChI=1S/C12H15NO2/c1-12(10-5-3-2-4-6-10)13-9-11(15-12)7-8-14/h2-6,9,13-14H,7-8H2,1H3. The Bertz CT molecular complexity index is 361. The fourth-order valence-corrected chi connectivity index (χ4v) is 1.67. The van der Waals surface area contributed by atoms with E-state index < -0.39 is 5.72 Å². The predicted octanol–water partition coefficient (Wildman–Crippen LogP) is 1.70. The molecule has 3 nitrogen and oxygen atoms in total. The van der Waals surface area contributed by atoms with E-state index >= 15 is 0 Å². The second kappa shape index (κ2) is 3.95. The smallest absolute Gasteiger partial charge is 0.203 e. The summed E-state index contributed by atoms with van der Waals surface area (Å²) in [6.45, 7) is 2.08. The minimum Gasteiger partial charge on any atom is -0.467 e. The summed E-state index contributed by atoms with van der Waals surface area (Å²) in [4.78, 5) is 0. The number of aliphatic hydroxyl groups is 1. The van der Waals surface area contributed by atoms with Crippen molar-refractivity contribution >= 4 is 0 Å². The van der Waals surface area contributed by atoms with Gasteiger partial charge in [-0.25, -0.2) is 0 Å². The normalized spacial score (nSPS) is 24.3. The van der Waals surface area contributed by atoms with E-state index in [0.29, 0.717) is 6.42 Å². The van der Waals surface area contributed by atoms with Crippen molar-refractivity contribution in [3.05, 3.63) is 47.9 Å². The van der Waals surface area contributed by atoms with Crippen LogP contribution in [0, 0.1) is 0 Å². The van der Waals surface area contributed by atoms with Crippen molar-refractivity contribution in [3.8, 4) is 0 Å². The Labute approximate surface area is 89.4 Å². The van der Waals surface area contributed by atoms with E-state index in [1.165, 1.54) is 0 Å². The van der Waals surface area contributed by atoms with Crippen LogP contribution in [0.2, 0.25) is 0 Å². The minimum absolute atomic E-state index is 0.110. The molecule has 80 valence electrons. The number of hydrogen-bond donors (Lipinski definition) is 2. The summed E-state index contributed by atoms with van der Waals surface area (Å²) in [5.74, 6) is 0.795. The van der Waals surface area contributed by atoms with Crippen LogP contribution in [0.5, 0.6) is 0 Å². The Kier molecular flexibility index (Phi) is 2.64. The van der Waals surface area contributed by atoms with Gasteiger partial charge < -0.3 is 15.2 Å². The van der Waals surface area contributed by atoms with Crippen molar-refractivity contribution in [2.45, 2.75) is 19.1 Å². The Balaban J connectivity index is 2.13. The maximum atomic E-state index is 8.82. The Morgan fingerprint density at radius 2 is 2.07 bits per heavy atom. The van der Waals surface area contributed by atoms with Gasteiger partial charge in [-0.3, -0.25) is 0 Å². The molecule has 0 spiro atoms. The van der Waals surface area contributed by atoms with E-state index in [1.54, 1.807) is 0 Å². The van der Waals surface area contributed by atoms with Crippen LogP contribution in [0.1, 0.15) is 18.9 Å². The molecule has 1 aromatic carbocycles. The van der Waals surface area contributed by atoms with Crippen LogP contribution in [0.15, 0.2) is 42.3 Å². The highest BCUT2D eigenvalue weighted by atomic mass is 16.5. The molecule has 1 heterocycles. The zero-order valence-corrected chi connectivity index (χ0v) is 8.73. The lowest BCUT2D eigenvalue weighted by Crippen LogP contribution is -2.33. The minimum atomic E-state index is -0.494. The van der Waals surface area contributed by atoms with Gasteiger partial charge in [0, 0.05) is 18.2 Å². The molecule has 1 unspecified atom stereocenters. The molecule has 1 aliphatic rings. The SMILES string of the molecule is CC1(c2ccccc2)NC=C(CCO)O1. The summed E-state index contributed by atoms with van der Waals surface area (Å²) in [6.07, 6.45) is 2.37. The third-order valence-corrected chi connectivity index (χ3v) is 2.53. The molecule has 15 heavy (non-hydrogen) atoms. The Morgan fingerprint density at radius 1 is 1.33 bits per heavy atom. The average molecular weight is 205 g/mol. The largest absolute Gasteiger partial charge is 0.467 e. The zero-order valence-electron chi connectivity index (χ0n) is 8.73. The van der Waals surface area contributed by atoms with Crippen LogP contribution in [-0.2, 0) is 10.5 Å². The highest BCUT2D eigenvalue weighted by Crippen LogP contribution is 2.30. The number of hydrogen-bond acceptors (Lipinski definition) is 3. The predicted molar refractivity (Wildman–Crippen MR) is 57.8 cm³/mol. The fraction of sp³-hybridized carbons (Fsp3) is 0.333. The molecule has 1 aliphatic heterocycles. The first-order valence-electron chi connectivity index (χ1n) is 5.07. The maximum absolute atomic E-state index is 8.82. The van der Waals surface area contributed by atoms with Gasteiger partial charge in [0.05, 0.1) is 6.61 Å². The molecule has 2 rings (SSSR count). The topological polar surface area (TPSA) is 41.5 Å². The van der Waals surface area contributed by atoms with Crippen LogP contribution in [0.3, 0.4) is 0 Å². The second-order valence-electron chi connectivity index (χ2n) is 3.73. The first-order chi connectivity index (χ1) is 7.24. The van der Waals surface area contributed by atoms with Crippen LogP contribution in [0.4, 0.5) is 0 Å². The summed E-state index contributed by atoms with van der Waals surface area (Å²) < 4.78 is 5.77. The molecule has 0 saturated carbocycles. The van der Waals surface area contributed by atoms with Crippen LogP contribution in [-0.4, -0.2) is 11.7 Å². The van der Waals surface area contributed by atoms with Crippen molar-refractivity contribution in [2.24, 2.45) is 0 Å². The van der Waals surface area contributed by atoms with E-state index in [2.05, 4.69) is 5.32 Å². The molecule has 1 aromatic rings. The quantitative estimate of drug-likeness (QED) is 0.789. The summed E-state index contributed by atoms with van der Waals surface area (Å²) in [5.41, 5.74) is 0.584. The monoisotopic (exact) mass is 205 g/mol. The van der Waals surface area contributed by atoms with Gasteiger partial charge in [-0.15, -0.1) is 0 Å². The highest BCUT2D eigenvalue weighted by Gasteiger charge is 2.32. The van der Waals surface area contributed by atoms with E-state index in [4.69, 9.17) is 9.84 Å². The van der Waals surface area contributed by atoms with Gasteiger partial charge in [-0.1, -0.05) is 30.3 Å². The van der Waals surface area contributed by atoms with Gasteiger partial charge in [-0.2, -0.15) is 0 Å². The average Bonchev–Trinajstić information content (AvgIpc) is 2.64. The van der Waals surface area contributed by atoms with E-state index in [1.807, 2.05) is 43.5 Å². The number of benzene rings is 1. The summed E-state index contributed by atoms with van der Waals surface area (Å²) in [7, 11) is 0. The number of nitrogens with one attached hydrogen (secondary N) is 1. The van der Waals surface area contributed by atoms with Crippen molar-refractivity contribution in [1.82, 2.24) is 5.32 Å². The van der Waals surface area contributed by atoms with Gasteiger partial charge >= 0.3 is 0 Å². The van der Waals surface area contributed by atoms with Crippen molar-refractivity contribution < 1.29 is 9.84 Å². The number of aliphatic hydroxyl groups excluding tert-OH is 1. The molecule has 0 amide bonds. The molecule has 3 heteroatoms. The van der Waals surface area contributed by atoms with Gasteiger partial charge in [0.2, 0.25) is 5.72 Å². The molecule has 2 N–H and O–H groups in total. The van der Waals surface area contributed by atoms with Gasteiger partial charge in [0.15, 0.2) is 0 Å². The van der Waals surface area contributed by atoms with E-state index in [-0.39, 0.29) is 6.61 Å². The fourth-order valence-electron chi connectivity index (χ4n) is 1.67. The summed E-state index contributed by atoms with van der Waals surface area (Å²) >= 11 is 0. The molecule has 0 saturated heterocycles. The molecule has 0 aromatic heterocycles. The van der Waals surface area contributed by atoms with Crippen molar-refractivity contribution in [3.63, 3.8) is 0 Å². The van der Waals surface area contributed by atoms with E-state index in [9.17, 15) is 0 Å². The van der Waals surface area contributed by atoms with Crippen LogP contribution in [0.25, 0.3) is 0 Å². The second-order valence-corrected chi connectivity index (χ2v) is 3.73. The highest BCUT2D eigenvalue weighted by molar-refractivity contribution is 5.24. The van der Waals surface area contributed by atoms with Crippen molar-refractivity contribution in [2.75, 3.05) is 6.61 Å². The van der Waals surface area contributed by atoms with Crippen LogP contribution >= 0.6 is 0 Å². The third kappa shape index (κ3) is 1.97. The van der Waals surface area contributed by atoms with Crippen molar-refractivity contribution in [1.29, 1.82) is 0 Å². The molecule has 1 atom stereocenters. The third-order valence-electron chi connectivity index (χ3n) is 2.53. The molecular weight excluding hydrogens is 190 g/mol. The van der Waals surface area contributed by atoms with Gasteiger partial charge in [0.25, 0.3) is 0 Å². The molecule has 0 fully saturated rings. The number of rotatable bonds is 3. The lowest BCUT2D eigenvalue weighted by Gasteiger charge is -2.26. The first-order valence-corrected chi connectivity index (χ1v) is 5.07. The Hall–Kier alpha value is -1.48. The molecule has 0 bridgehead atoms. The van der Waals surface area contributed by atoms with E-state index in [0.717, 1.165) is 11.3 Å². The maximum Gasteiger partial charge on any atom is 0.203 e. The lowest BCUT2D eigenvalue weighted by atomic mass is 10.1. The molecule has 0 aliphatic carbocycles. The molecular formula is C12H15NO2. The lowest BCUT2D eigenvalue weighted by molar-refractivity contribution is 0.0148. The summed E-state index contributed by atoms with van der Waals surface area (Å²) in [6, 6.07) is 9.97. The number of ether oxygens (including phenoxy) is 1. The zero-order chi connectivity index (χ0) is 10.7. The summed E-state index contributed by atoms with van der Waals surface area (Å²) in [5, 5.41) is 12.0. The van der Waals surface area contributed by atoms with Gasteiger partial charge in [-0.05, 0) is 6.92 Å². The molecule has 0 radical (unpaired) electrons. The first kappa shape index (κ1) is 10.1. The Morgan fingerprint density at radius 3 is 2.73 bits per heavy atom. The van der Waals surface area contributed by atoms with Gasteiger partial charge in [0.1, 0.15) is 5.76 Å². The van der Waals surface area contributed by atoms with Crippen LogP contribution < -0.4 is 5.32 Å².